The van der Waals surface area contributed by atoms with Crippen LogP contribution in [0.2, 0.25) is 0 Å². The van der Waals surface area contributed by atoms with Crippen molar-refractivity contribution < 1.29 is 9.52 Å². The quantitative estimate of drug-likeness (QED) is 0.411. The van der Waals surface area contributed by atoms with Crippen LogP contribution in [0.3, 0.4) is 0 Å². The van der Waals surface area contributed by atoms with E-state index < -0.39 is 0 Å². The zero-order valence-electron chi connectivity index (χ0n) is 16.4. The number of rotatable bonds is 7. The number of thiazole rings is 1. The van der Waals surface area contributed by atoms with Gasteiger partial charge in [-0.15, -0.1) is 21.5 Å². The Morgan fingerprint density at radius 2 is 2.00 bits per heavy atom. The molecule has 29 heavy (non-hydrogen) atoms. The number of nitrogens with one attached hydrogen (secondary N) is 2. The first-order chi connectivity index (χ1) is 14.0. The van der Waals surface area contributed by atoms with Gasteiger partial charge in [0.1, 0.15) is 5.82 Å². The van der Waals surface area contributed by atoms with Crippen LogP contribution in [0.4, 0.5) is 17.2 Å². The lowest BCUT2D eigenvalue weighted by atomic mass is 10.2. The maximum absolute atomic E-state index is 9.31. The Kier molecular flexibility index (Phi) is 5.41. The summed E-state index contributed by atoms with van der Waals surface area (Å²) in [5.41, 5.74) is 5.31. The molecule has 1 unspecified atom stereocenters. The Hall–Kier alpha value is -3.04. The summed E-state index contributed by atoms with van der Waals surface area (Å²) in [6.45, 7) is 5.89. The van der Waals surface area contributed by atoms with E-state index in [1.165, 1.54) is 0 Å². The molecule has 1 atom stereocenters. The molecule has 8 nitrogen and oxygen atoms in total. The molecule has 1 aromatic carbocycles. The van der Waals surface area contributed by atoms with Gasteiger partial charge in [-0.25, -0.2) is 9.97 Å². The minimum Gasteiger partial charge on any atom is -0.420 e. The van der Waals surface area contributed by atoms with Crippen LogP contribution < -0.4 is 10.6 Å². The van der Waals surface area contributed by atoms with Gasteiger partial charge in [0, 0.05) is 24.0 Å². The minimum atomic E-state index is -0.215. The van der Waals surface area contributed by atoms with Gasteiger partial charge in [-0.1, -0.05) is 6.92 Å². The number of hydrogen-bond donors (Lipinski definition) is 3. The highest BCUT2D eigenvalue weighted by Crippen LogP contribution is 2.31. The predicted molar refractivity (Wildman–Crippen MR) is 115 cm³/mol. The van der Waals surface area contributed by atoms with Gasteiger partial charge < -0.3 is 20.2 Å². The number of hydrogen-bond acceptors (Lipinski definition) is 9. The molecule has 0 aliphatic rings. The fourth-order valence-corrected chi connectivity index (χ4v) is 3.54. The van der Waals surface area contributed by atoms with Crippen LogP contribution in [0.1, 0.15) is 32.6 Å². The fourth-order valence-electron chi connectivity index (χ4n) is 2.83. The number of anilines is 3. The Morgan fingerprint density at radius 3 is 2.79 bits per heavy atom. The van der Waals surface area contributed by atoms with Crippen LogP contribution in [0.5, 0.6) is 0 Å². The Morgan fingerprint density at radius 1 is 1.14 bits per heavy atom. The van der Waals surface area contributed by atoms with Crippen LogP contribution in [-0.4, -0.2) is 37.9 Å². The summed E-state index contributed by atoms with van der Waals surface area (Å²) in [4.78, 5) is 8.83. The summed E-state index contributed by atoms with van der Waals surface area (Å²) in [7, 11) is 0. The normalized spacial score (nSPS) is 12.4. The third kappa shape index (κ3) is 4.20. The number of aliphatic hydroxyl groups is 1. The molecular formula is C20H22N6O2S. The highest BCUT2D eigenvalue weighted by atomic mass is 32.1. The molecule has 3 N–H and O–H groups in total. The molecule has 4 rings (SSSR count). The summed E-state index contributed by atoms with van der Waals surface area (Å²) in [5.74, 6) is 1.25. The van der Waals surface area contributed by atoms with Gasteiger partial charge in [-0.05, 0) is 32.0 Å². The van der Waals surface area contributed by atoms with Crippen molar-refractivity contribution in [2.24, 2.45) is 0 Å². The highest BCUT2D eigenvalue weighted by molar-refractivity contribution is 7.16. The van der Waals surface area contributed by atoms with E-state index >= 15 is 0 Å². The van der Waals surface area contributed by atoms with E-state index in [4.69, 9.17) is 4.42 Å². The average Bonchev–Trinajstić information content (AvgIpc) is 3.36. The highest BCUT2D eigenvalue weighted by Gasteiger charge is 2.18. The van der Waals surface area contributed by atoms with E-state index in [1.54, 1.807) is 17.5 Å². The molecule has 0 radical (unpaired) electrons. The van der Waals surface area contributed by atoms with Gasteiger partial charge >= 0.3 is 0 Å². The van der Waals surface area contributed by atoms with E-state index in [1.807, 2.05) is 30.6 Å². The van der Waals surface area contributed by atoms with E-state index in [0.29, 0.717) is 23.2 Å². The first-order valence-electron chi connectivity index (χ1n) is 9.35. The maximum Gasteiger partial charge on any atom is 0.251 e. The van der Waals surface area contributed by atoms with Crippen LogP contribution in [0, 0.1) is 0 Å². The van der Waals surface area contributed by atoms with Crippen LogP contribution >= 0.6 is 11.3 Å². The molecule has 0 fully saturated rings. The maximum atomic E-state index is 9.31. The number of aromatic nitrogens is 4. The first kappa shape index (κ1) is 19.3. The van der Waals surface area contributed by atoms with Gasteiger partial charge in [0.2, 0.25) is 5.89 Å². The van der Waals surface area contributed by atoms with Crippen LogP contribution in [-0.2, 0) is 0 Å². The standard InChI is InChI=1S/C20H22N6O2S/c1-11(2)23-16-7-18(24-13-4-5-15-17(6-13)29-10-22-15)21-8-14(16)20-26-25-19(28-20)12(3)9-27/h4-8,10-12,27H,9H2,1-3H3,(H2,21,23,24). The smallest absolute Gasteiger partial charge is 0.251 e. The van der Waals surface area contributed by atoms with E-state index in [2.05, 4.69) is 50.7 Å². The summed E-state index contributed by atoms with van der Waals surface area (Å²) in [5, 5.41) is 24.2. The molecule has 0 aliphatic heterocycles. The van der Waals surface area contributed by atoms with Gasteiger partial charge in [-0.3, -0.25) is 0 Å². The molecule has 0 amide bonds. The number of aliphatic hydroxyl groups excluding tert-OH is 1. The van der Waals surface area contributed by atoms with E-state index in [0.717, 1.165) is 21.6 Å². The second-order valence-corrected chi connectivity index (χ2v) is 7.99. The Labute approximate surface area is 172 Å². The zero-order chi connectivity index (χ0) is 20.4. The topological polar surface area (TPSA) is 109 Å². The molecule has 0 spiro atoms. The van der Waals surface area contributed by atoms with Gasteiger partial charge in [0.15, 0.2) is 0 Å². The first-order valence-corrected chi connectivity index (χ1v) is 10.2. The molecule has 0 saturated carbocycles. The number of pyridine rings is 1. The van der Waals surface area contributed by atoms with Crippen LogP contribution in [0.25, 0.3) is 21.7 Å². The van der Waals surface area contributed by atoms with Crippen molar-refractivity contribution >= 4 is 38.7 Å². The molecule has 0 bridgehead atoms. The molecule has 0 saturated heterocycles. The van der Waals surface area contributed by atoms with Crippen molar-refractivity contribution in [2.45, 2.75) is 32.7 Å². The van der Waals surface area contributed by atoms with Gasteiger partial charge in [0.25, 0.3) is 5.89 Å². The molecule has 3 heterocycles. The van der Waals surface area contributed by atoms with Crippen molar-refractivity contribution in [3.05, 3.63) is 41.9 Å². The molecule has 3 aromatic heterocycles. The Bertz CT molecular complexity index is 1120. The molecule has 9 heteroatoms. The summed E-state index contributed by atoms with van der Waals surface area (Å²) < 4.78 is 6.87. The molecule has 0 aliphatic carbocycles. The molecule has 150 valence electrons. The third-order valence-electron chi connectivity index (χ3n) is 4.32. The lowest BCUT2D eigenvalue weighted by molar-refractivity contribution is 0.254. The summed E-state index contributed by atoms with van der Waals surface area (Å²) in [6, 6.07) is 8.15. The molecule has 4 aromatic rings. The van der Waals surface area contributed by atoms with Crippen molar-refractivity contribution in [3.8, 4) is 11.5 Å². The SMILES string of the molecule is CC(C)Nc1cc(Nc2ccc3ncsc3c2)ncc1-c1nnc(C(C)CO)o1. The van der Waals surface area contributed by atoms with Gasteiger partial charge in [-0.2, -0.15) is 0 Å². The lowest BCUT2D eigenvalue weighted by Crippen LogP contribution is -2.11. The lowest BCUT2D eigenvalue weighted by Gasteiger charge is -2.15. The third-order valence-corrected chi connectivity index (χ3v) is 5.11. The van der Waals surface area contributed by atoms with Gasteiger partial charge in [0.05, 0.1) is 39.5 Å². The predicted octanol–water partition coefficient (Wildman–Crippen LogP) is 4.40. The van der Waals surface area contributed by atoms with Crippen molar-refractivity contribution in [3.63, 3.8) is 0 Å². The van der Waals surface area contributed by atoms with Crippen molar-refractivity contribution in [2.75, 3.05) is 17.2 Å². The fraction of sp³-hybridized carbons (Fsp3) is 0.300. The summed E-state index contributed by atoms with van der Waals surface area (Å²) in [6.07, 6.45) is 1.71. The van der Waals surface area contributed by atoms with E-state index in [-0.39, 0.29) is 18.6 Å². The number of nitrogens with zero attached hydrogens (tertiary/aromatic N) is 4. The summed E-state index contributed by atoms with van der Waals surface area (Å²) >= 11 is 1.60. The molecular weight excluding hydrogens is 388 g/mol. The van der Waals surface area contributed by atoms with Crippen molar-refractivity contribution in [1.82, 2.24) is 20.2 Å². The monoisotopic (exact) mass is 410 g/mol. The largest absolute Gasteiger partial charge is 0.420 e. The zero-order valence-corrected chi connectivity index (χ0v) is 17.2. The number of fused-ring (bicyclic) bond motifs is 1. The van der Waals surface area contributed by atoms with Crippen molar-refractivity contribution in [1.29, 1.82) is 0 Å². The second kappa shape index (κ2) is 8.14. The van der Waals surface area contributed by atoms with Crippen LogP contribution in [0.15, 0.2) is 40.4 Å². The average molecular weight is 411 g/mol. The number of benzene rings is 1. The minimum absolute atomic E-state index is 0.0516. The van der Waals surface area contributed by atoms with E-state index in [9.17, 15) is 5.11 Å². The Balaban J connectivity index is 1.65. The second-order valence-electron chi connectivity index (χ2n) is 7.10.